The van der Waals surface area contributed by atoms with Crippen LogP contribution in [-0.2, 0) is 4.79 Å². The lowest BCUT2D eigenvalue weighted by atomic mass is 10.1. The molecule has 0 saturated heterocycles. The lowest BCUT2D eigenvalue weighted by Gasteiger charge is -2.17. The van der Waals surface area contributed by atoms with Gasteiger partial charge in [-0.15, -0.1) is 0 Å². The summed E-state index contributed by atoms with van der Waals surface area (Å²) in [4.78, 5) is 13.1. The van der Waals surface area contributed by atoms with Crippen molar-refractivity contribution in [2.45, 2.75) is 45.6 Å². The molecule has 0 fully saturated rings. The third-order valence-electron chi connectivity index (χ3n) is 2.43. The van der Waals surface area contributed by atoms with Crippen molar-refractivity contribution < 1.29 is 4.79 Å². The van der Waals surface area contributed by atoms with Crippen molar-refractivity contribution in [3.8, 4) is 6.07 Å². The first-order valence-electron chi connectivity index (χ1n) is 5.13. The highest BCUT2D eigenvalue weighted by molar-refractivity contribution is 5.83. The van der Waals surface area contributed by atoms with Gasteiger partial charge in [0.25, 0.3) is 0 Å². The number of hydrogen-bond donors (Lipinski definition) is 0. The molecule has 0 N–H and O–H groups in total. The van der Waals surface area contributed by atoms with Crippen LogP contribution in [0.4, 0.5) is 0 Å². The molecule has 3 heteroatoms. The summed E-state index contributed by atoms with van der Waals surface area (Å²) in [7, 11) is 0. The van der Waals surface area contributed by atoms with Crippen molar-refractivity contribution in [2.24, 2.45) is 0 Å². The molecule has 0 radical (unpaired) electrons. The minimum absolute atomic E-state index is 0.0712. The zero-order chi connectivity index (χ0) is 10.6. The average Bonchev–Trinajstić information content (AvgIpc) is 2.51. The van der Waals surface area contributed by atoms with E-state index < -0.39 is 0 Å². The Labute approximate surface area is 85.0 Å². The van der Waals surface area contributed by atoms with Crippen LogP contribution < -0.4 is 0 Å². The second-order valence-electron chi connectivity index (χ2n) is 3.57. The topological polar surface area (TPSA) is 44.1 Å². The lowest BCUT2D eigenvalue weighted by Crippen LogP contribution is -2.31. The first kappa shape index (κ1) is 10.8. The van der Waals surface area contributed by atoms with Crippen LogP contribution in [0.5, 0.6) is 0 Å². The van der Waals surface area contributed by atoms with Crippen LogP contribution in [-0.4, -0.2) is 16.8 Å². The minimum Gasteiger partial charge on any atom is -0.302 e. The Morgan fingerprint density at radius 3 is 2.86 bits per heavy atom. The summed E-state index contributed by atoms with van der Waals surface area (Å²) in [5.41, 5.74) is 1.16. The largest absolute Gasteiger partial charge is 0.302 e. The molecule has 0 bridgehead atoms. The van der Waals surface area contributed by atoms with Gasteiger partial charge in [-0.2, -0.15) is 5.26 Å². The van der Waals surface area contributed by atoms with Crippen molar-refractivity contribution in [1.29, 1.82) is 5.26 Å². The van der Waals surface area contributed by atoms with Crippen LogP contribution in [0.25, 0.3) is 0 Å². The van der Waals surface area contributed by atoms with Gasteiger partial charge in [0.1, 0.15) is 6.04 Å². The maximum atomic E-state index is 11.5. The standard InChI is InChI=1S/C11H16N2O/c1-3-5-9-6-11(14)13(8-9)10(4-2)7-12/h8,10H,3-6H2,1-2H3/t10-/m0/s1. The Morgan fingerprint density at radius 2 is 2.36 bits per heavy atom. The highest BCUT2D eigenvalue weighted by Gasteiger charge is 2.26. The highest BCUT2D eigenvalue weighted by atomic mass is 16.2. The number of hydrogen-bond acceptors (Lipinski definition) is 2. The lowest BCUT2D eigenvalue weighted by molar-refractivity contribution is -0.127. The predicted molar refractivity (Wildman–Crippen MR) is 54.1 cm³/mol. The van der Waals surface area contributed by atoms with Gasteiger partial charge in [-0.05, 0) is 18.4 Å². The van der Waals surface area contributed by atoms with E-state index in [0.717, 1.165) is 18.4 Å². The summed E-state index contributed by atoms with van der Waals surface area (Å²) in [6.07, 6.45) is 5.08. The first-order chi connectivity index (χ1) is 6.72. The van der Waals surface area contributed by atoms with E-state index in [4.69, 9.17) is 5.26 Å². The SMILES string of the molecule is CCCC1=CN([C@H](C#N)CC)C(=O)C1. The van der Waals surface area contributed by atoms with Crippen LogP contribution in [0.3, 0.4) is 0 Å². The van der Waals surface area contributed by atoms with Crippen molar-refractivity contribution in [2.75, 3.05) is 0 Å². The molecular formula is C11H16N2O. The van der Waals surface area contributed by atoms with Gasteiger partial charge in [-0.3, -0.25) is 4.79 Å². The van der Waals surface area contributed by atoms with Crippen LogP contribution in [0.2, 0.25) is 0 Å². The van der Waals surface area contributed by atoms with Crippen LogP contribution >= 0.6 is 0 Å². The average molecular weight is 192 g/mol. The van der Waals surface area contributed by atoms with Gasteiger partial charge in [0.2, 0.25) is 5.91 Å². The molecule has 1 aliphatic heterocycles. The van der Waals surface area contributed by atoms with Crippen molar-refractivity contribution >= 4 is 5.91 Å². The molecule has 0 aromatic heterocycles. The summed E-state index contributed by atoms with van der Waals surface area (Å²) in [6.45, 7) is 4.02. The van der Waals surface area contributed by atoms with E-state index in [1.165, 1.54) is 0 Å². The first-order valence-corrected chi connectivity index (χ1v) is 5.13. The zero-order valence-electron chi connectivity index (χ0n) is 8.79. The number of rotatable bonds is 4. The monoisotopic (exact) mass is 192 g/mol. The van der Waals surface area contributed by atoms with Gasteiger partial charge in [-0.25, -0.2) is 0 Å². The van der Waals surface area contributed by atoms with Crippen molar-refractivity contribution in [1.82, 2.24) is 4.90 Å². The van der Waals surface area contributed by atoms with E-state index >= 15 is 0 Å². The molecule has 1 atom stereocenters. The third-order valence-corrected chi connectivity index (χ3v) is 2.43. The molecule has 0 unspecified atom stereocenters. The van der Waals surface area contributed by atoms with Crippen molar-refractivity contribution in [3.05, 3.63) is 11.8 Å². The molecule has 0 aliphatic carbocycles. The maximum absolute atomic E-state index is 11.5. The van der Waals surface area contributed by atoms with Gasteiger partial charge in [-0.1, -0.05) is 20.3 Å². The van der Waals surface area contributed by atoms with Gasteiger partial charge in [0, 0.05) is 12.6 Å². The van der Waals surface area contributed by atoms with Gasteiger partial charge in [0.05, 0.1) is 6.07 Å². The molecule has 1 heterocycles. The minimum atomic E-state index is -0.281. The summed E-state index contributed by atoms with van der Waals surface area (Å²) >= 11 is 0. The van der Waals surface area contributed by atoms with Gasteiger partial charge >= 0.3 is 0 Å². The molecule has 3 nitrogen and oxygen atoms in total. The second-order valence-corrected chi connectivity index (χ2v) is 3.57. The Kier molecular flexibility index (Phi) is 3.70. The number of amides is 1. The van der Waals surface area contributed by atoms with Crippen molar-refractivity contribution in [3.63, 3.8) is 0 Å². The smallest absolute Gasteiger partial charge is 0.231 e. The number of nitrogens with zero attached hydrogens (tertiary/aromatic N) is 2. The molecule has 0 aromatic rings. The molecule has 1 aliphatic rings. The van der Waals surface area contributed by atoms with Gasteiger partial charge < -0.3 is 4.90 Å². The fourth-order valence-electron chi connectivity index (χ4n) is 1.69. The van der Waals surface area contributed by atoms with Crippen LogP contribution in [0, 0.1) is 11.3 Å². The summed E-state index contributed by atoms with van der Waals surface area (Å²) in [5.74, 6) is 0.0712. The predicted octanol–water partition coefficient (Wildman–Crippen LogP) is 2.20. The quantitative estimate of drug-likeness (QED) is 0.685. The molecule has 1 rings (SSSR count). The highest BCUT2D eigenvalue weighted by Crippen LogP contribution is 2.22. The van der Waals surface area contributed by atoms with E-state index in [1.807, 2.05) is 13.1 Å². The molecule has 0 spiro atoms. The van der Waals surface area contributed by atoms with Gasteiger partial charge in [0.15, 0.2) is 0 Å². The van der Waals surface area contributed by atoms with E-state index in [-0.39, 0.29) is 11.9 Å². The Morgan fingerprint density at radius 1 is 1.64 bits per heavy atom. The Hall–Kier alpha value is -1.30. The Bertz CT molecular complexity index is 288. The molecular weight excluding hydrogens is 176 g/mol. The van der Waals surface area contributed by atoms with Crippen LogP contribution in [0.1, 0.15) is 39.5 Å². The maximum Gasteiger partial charge on any atom is 0.231 e. The number of nitriles is 1. The molecule has 14 heavy (non-hydrogen) atoms. The fraction of sp³-hybridized carbons (Fsp3) is 0.636. The Balaban J connectivity index is 2.71. The molecule has 0 aromatic carbocycles. The zero-order valence-corrected chi connectivity index (χ0v) is 8.79. The summed E-state index contributed by atoms with van der Waals surface area (Å²) in [5, 5.41) is 8.85. The van der Waals surface area contributed by atoms with Crippen LogP contribution in [0.15, 0.2) is 11.8 Å². The normalized spacial score (nSPS) is 17.9. The molecule has 76 valence electrons. The van der Waals surface area contributed by atoms with E-state index in [2.05, 4.69) is 13.0 Å². The summed E-state index contributed by atoms with van der Waals surface area (Å²) < 4.78 is 0. The number of carbonyl (C=O) groups is 1. The summed E-state index contributed by atoms with van der Waals surface area (Å²) in [6, 6.07) is 1.87. The number of carbonyl (C=O) groups excluding carboxylic acids is 1. The second kappa shape index (κ2) is 4.80. The van der Waals surface area contributed by atoms with E-state index in [9.17, 15) is 4.79 Å². The molecule has 0 saturated carbocycles. The third kappa shape index (κ3) is 2.14. The fourth-order valence-corrected chi connectivity index (χ4v) is 1.69. The van der Waals surface area contributed by atoms with E-state index in [0.29, 0.717) is 12.8 Å². The van der Waals surface area contributed by atoms with E-state index in [1.54, 1.807) is 4.90 Å². The molecule has 1 amide bonds.